The maximum Gasteiger partial charge on any atom is 0.237 e. The molecular formula is C20H26ClN3O2. The molecule has 140 valence electrons. The van der Waals surface area contributed by atoms with Crippen LogP contribution < -0.4 is 5.32 Å². The van der Waals surface area contributed by atoms with Crippen LogP contribution in [0.1, 0.15) is 38.2 Å². The van der Waals surface area contributed by atoms with Crippen LogP contribution in [0.2, 0.25) is 5.02 Å². The van der Waals surface area contributed by atoms with E-state index in [9.17, 15) is 9.59 Å². The molecule has 0 aromatic heterocycles. The van der Waals surface area contributed by atoms with Crippen LogP contribution in [0.5, 0.6) is 0 Å². The van der Waals surface area contributed by atoms with Gasteiger partial charge in [0.25, 0.3) is 0 Å². The van der Waals surface area contributed by atoms with Gasteiger partial charge in [-0.1, -0.05) is 23.7 Å². The lowest BCUT2D eigenvalue weighted by molar-refractivity contribution is -0.136. The highest BCUT2D eigenvalue weighted by Gasteiger charge is 2.53. The summed E-state index contributed by atoms with van der Waals surface area (Å²) in [6.45, 7) is 4.82. The number of rotatable bonds is 5. The van der Waals surface area contributed by atoms with Gasteiger partial charge in [-0.05, 0) is 50.3 Å². The van der Waals surface area contributed by atoms with Gasteiger partial charge in [0.05, 0.1) is 11.5 Å². The summed E-state index contributed by atoms with van der Waals surface area (Å²) in [5, 5.41) is 3.75. The first kappa shape index (κ1) is 17.8. The topological polar surface area (TPSA) is 52.7 Å². The molecule has 5 nitrogen and oxygen atoms in total. The number of carbonyl (C=O) groups is 2. The quantitative estimate of drug-likeness (QED) is 0.858. The van der Waals surface area contributed by atoms with Crippen LogP contribution in [-0.2, 0) is 15.0 Å². The van der Waals surface area contributed by atoms with Crippen molar-refractivity contribution in [1.82, 2.24) is 15.1 Å². The van der Waals surface area contributed by atoms with E-state index in [0.717, 1.165) is 44.3 Å². The van der Waals surface area contributed by atoms with Crippen LogP contribution >= 0.6 is 11.6 Å². The molecule has 1 N–H and O–H groups in total. The van der Waals surface area contributed by atoms with Gasteiger partial charge in [-0.3, -0.25) is 14.5 Å². The minimum Gasteiger partial charge on any atom is -0.352 e. The lowest BCUT2D eigenvalue weighted by Gasteiger charge is -2.39. The third kappa shape index (κ3) is 3.47. The highest BCUT2D eigenvalue weighted by atomic mass is 35.5. The van der Waals surface area contributed by atoms with Gasteiger partial charge in [0.1, 0.15) is 0 Å². The first-order valence-electron chi connectivity index (χ1n) is 9.59. The van der Waals surface area contributed by atoms with Crippen molar-refractivity contribution >= 4 is 23.4 Å². The molecule has 0 bridgehead atoms. The minimum absolute atomic E-state index is 0.116. The molecule has 1 aromatic carbocycles. The average Bonchev–Trinajstić information content (AvgIpc) is 3.55. The van der Waals surface area contributed by atoms with Crippen molar-refractivity contribution in [2.75, 3.05) is 26.2 Å². The van der Waals surface area contributed by atoms with Crippen LogP contribution in [0.3, 0.4) is 0 Å². The minimum atomic E-state index is -0.373. The van der Waals surface area contributed by atoms with Crippen LogP contribution in [-0.4, -0.2) is 59.9 Å². The van der Waals surface area contributed by atoms with E-state index in [4.69, 9.17) is 11.6 Å². The van der Waals surface area contributed by atoms with Gasteiger partial charge in [-0.25, -0.2) is 0 Å². The molecule has 1 unspecified atom stereocenters. The number of carbonyl (C=O) groups excluding carboxylic acids is 2. The lowest BCUT2D eigenvalue weighted by Crippen LogP contribution is -2.56. The molecule has 1 saturated heterocycles. The Balaban J connectivity index is 1.35. The van der Waals surface area contributed by atoms with Crippen LogP contribution in [0.15, 0.2) is 24.3 Å². The Hall–Kier alpha value is -1.59. The molecule has 1 aliphatic heterocycles. The zero-order valence-corrected chi connectivity index (χ0v) is 16.0. The van der Waals surface area contributed by atoms with Gasteiger partial charge in [0.2, 0.25) is 11.8 Å². The summed E-state index contributed by atoms with van der Waals surface area (Å²) in [5.74, 6) is 0.333. The van der Waals surface area contributed by atoms with Gasteiger partial charge in [0.15, 0.2) is 0 Å². The fraction of sp³-hybridized carbons (Fsp3) is 0.600. The molecule has 2 saturated carbocycles. The second-order valence-electron chi connectivity index (χ2n) is 7.88. The number of nitrogens with one attached hydrogen (secondary N) is 1. The lowest BCUT2D eigenvalue weighted by atomic mass is 9.94. The number of halogens is 1. The third-order valence-corrected chi connectivity index (χ3v) is 6.22. The molecule has 2 aliphatic carbocycles. The number of hydrogen-bond acceptors (Lipinski definition) is 3. The molecule has 4 rings (SSSR count). The SMILES string of the molecule is CC(C(=O)NC1CC1)N1CCN(C(=O)C2(c3cccc(Cl)c3)CC2)CC1. The van der Waals surface area contributed by atoms with E-state index in [1.807, 2.05) is 36.1 Å². The normalized spacial score (nSPS) is 23.4. The fourth-order valence-corrected chi connectivity index (χ4v) is 4.06. The van der Waals surface area contributed by atoms with Gasteiger partial charge in [-0.15, -0.1) is 0 Å². The van der Waals surface area contributed by atoms with Crippen molar-refractivity contribution in [1.29, 1.82) is 0 Å². The van der Waals surface area contributed by atoms with Crippen molar-refractivity contribution in [3.05, 3.63) is 34.9 Å². The summed E-state index contributed by atoms with van der Waals surface area (Å²) < 4.78 is 0. The summed E-state index contributed by atoms with van der Waals surface area (Å²) in [6, 6.07) is 7.96. The Morgan fingerprint density at radius 1 is 1.19 bits per heavy atom. The molecule has 2 amide bonds. The summed E-state index contributed by atoms with van der Waals surface area (Å²) in [5.41, 5.74) is 0.664. The molecular weight excluding hydrogens is 350 g/mol. The summed E-state index contributed by atoms with van der Waals surface area (Å²) in [6.07, 6.45) is 4.00. The number of piperazine rings is 1. The summed E-state index contributed by atoms with van der Waals surface area (Å²) in [7, 11) is 0. The molecule has 1 heterocycles. The van der Waals surface area contributed by atoms with Gasteiger partial charge in [0, 0.05) is 37.2 Å². The van der Waals surface area contributed by atoms with Crippen molar-refractivity contribution in [3.63, 3.8) is 0 Å². The molecule has 0 spiro atoms. The third-order valence-electron chi connectivity index (χ3n) is 5.99. The fourth-order valence-electron chi connectivity index (χ4n) is 3.87. The van der Waals surface area contributed by atoms with E-state index in [2.05, 4.69) is 10.2 Å². The van der Waals surface area contributed by atoms with E-state index in [0.29, 0.717) is 24.2 Å². The second-order valence-corrected chi connectivity index (χ2v) is 8.32. The number of amides is 2. The largest absolute Gasteiger partial charge is 0.352 e. The molecule has 3 aliphatic rings. The number of hydrogen-bond donors (Lipinski definition) is 1. The molecule has 26 heavy (non-hydrogen) atoms. The zero-order valence-electron chi connectivity index (χ0n) is 15.2. The maximum absolute atomic E-state index is 13.1. The van der Waals surface area contributed by atoms with Crippen molar-refractivity contribution in [2.45, 2.75) is 50.1 Å². The highest BCUT2D eigenvalue weighted by molar-refractivity contribution is 6.30. The second kappa shape index (κ2) is 6.86. The van der Waals surface area contributed by atoms with Crippen molar-refractivity contribution in [3.8, 4) is 0 Å². The van der Waals surface area contributed by atoms with Crippen LogP contribution in [0.4, 0.5) is 0 Å². The molecule has 6 heteroatoms. The smallest absolute Gasteiger partial charge is 0.237 e. The van der Waals surface area contributed by atoms with Crippen LogP contribution in [0, 0.1) is 0 Å². The Morgan fingerprint density at radius 2 is 1.88 bits per heavy atom. The Bertz CT molecular complexity index is 707. The molecule has 1 atom stereocenters. The zero-order chi connectivity index (χ0) is 18.3. The van der Waals surface area contributed by atoms with E-state index in [1.165, 1.54) is 0 Å². The van der Waals surface area contributed by atoms with Gasteiger partial charge < -0.3 is 10.2 Å². The summed E-state index contributed by atoms with van der Waals surface area (Å²) >= 11 is 6.12. The summed E-state index contributed by atoms with van der Waals surface area (Å²) in [4.78, 5) is 29.5. The first-order chi connectivity index (χ1) is 12.5. The Labute approximate surface area is 159 Å². The van der Waals surface area contributed by atoms with E-state index < -0.39 is 0 Å². The highest BCUT2D eigenvalue weighted by Crippen LogP contribution is 2.50. The van der Waals surface area contributed by atoms with Gasteiger partial charge in [-0.2, -0.15) is 0 Å². The van der Waals surface area contributed by atoms with Crippen molar-refractivity contribution in [2.24, 2.45) is 0 Å². The Morgan fingerprint density at radius 3 is 2.46 bits per heavy atom. The average molecular weight is 376 g/mol. The predicted octanol–water partition coefficient (Wildman–Crippen LogP) is 2.18. The number of nitrogens with zero attached hydrogens (tertiary/aromatic N) is 2. The van der Waals surface area contributed by atoms with E-state index in [1.54, 1.807) is 0 Å². The number of benzene rings is 1. The van der Waals surface area contributed by atoms with Gasteiger partial charge >= 0.3 is 0 Å². The first-order valence-corrected chi connectivity index (χ1v) is 9.97. The van der Waals surface area contributed by atoms with Crippen molar-refractivity contribution < 1.29 is 9.59 Å². The van der Waals surface area contributed by atoms with E-state index in [-0.39, 0.29) is 23.3 Å². The maximum atomic E-state index is 13.1. The standard InChI is InChI=1S/C20H26ClN3O2/c1-14(18(25)22-17-5-6-17)23-9-11-24(12-10-23)19(26)20(7-8-20)15-3-2-4-16(21)13-15/h2-4,13-14,17H,5-12H2,1H3,(H,22,25). The molecule has 3 fully saturated rings. The monoisotopic (exact) mass is 375 g/mol. The predicted molar refractivity (Wildman–Crippen MR) is 101 cm³/mol. The molecule has 1 aromatic rings. The Kier molecular flexibility index (Phi) is 4.70. The molecule has 0 radical (unpaired) electrons. The van der Waals surface area contributed by atoms with E-state index >= 15 is 0 Å². The van der Waals surface area contributed by atoms with Crippen LogP contribution in [0.25, 0.3) is 0 Å².